The van der Waals surface area contributed by atoms with E-state index in [1.54, 1.807) is 12.1 Å². The second kappa shape index (κ2) is 15.8. The molecule has 3 aromatic rings. The number of carbonyl (C=O) groups excluding carboxylic acids is 3. The van der Waals surface area contributed by atoms with E-state index in [4.69, 9.17) is 14.2 Å². The maximum Gasteiger partial charge on any atom is 0.448 e. The van der Waals surface area contributed by atoms with Gasteiger partial charge in [-0.1, -0.05) is 30.8 Å². The highest BCUT2D eigenvalue weighted by Crippen LogP contribution is 2.66. The van der Waals surface area contributed by atoms with Crippen molar-refractivity contribution >= 4 is 17.9 Å². The van der Waals surface area contributed by atoms with E-state index in [0.29, 0.717) is 43.1 Å². The molecule has 1 unspecified atom stereocenters. The zero-order valence-corrected chi connectivity index (χ0v) is 27.8. The van der Waals surface area contributed by atoms with Gasteiger partial charge in [0.2, 0.25) is 0 Å². The Morgan fingerprint density at radius 3 is 1.51 bits per heavy atom. The fourth-order valence-corrected chi connectivity index (χ4v) is 4.99. The van der Waals surface area contributed by atoms with Crippen molar-refractivity contribution in [3.8, 4) is 28.4 Å². The number of halogens is 12. The zero-order chi connectivity index (χ0) is 41.0. The van der Waals surface area contributed by atoms with Crippen LogP contribution in [0.25, 0.3) is 11.1 Å². The van der Waals surface area contributed by atoms with Gasteiger partial charge in [-0.3, -0.25) is 0 Å². The van der Waals surface area contributed by atoms with E-state index >= 15 is 4.39 Å². The van der Waals surface area contributed by atoms with E-state index in [1.165, 1.54) is 36.4 Å². The molecule has 298 valence electrons. The van der Waals surface area contributed by atoms with Crippen LogP contribution in [0, 0.1) is 0 Å². The first-order valence-electron chi connectivity index (χ1n) is 15.8. The molecule has 3 aromatic carbocycles. The number of alkyl halides is 12. The molecule has 20 heteroatoms. The van der Waals surface area contributed by atoms with Gasteiger partial charge in [0.25, 0.3) is 0 Å². The lowest BCUT2D eigenvalue weighted by molar-refractivity contribution is -0.382. The molecule has 0 N–H and O–H groups in total. The molecule has 0 radical (unpaired) electrons. The summed E-state index contributed by atoms with van der Waals surface area (Å²) in [6, 6.07) is 0.177. The van der Waals surface area contributed by atoms with Gasteiger partial charge in [0.05, 0.1) is 18.8 Å². The Labute approximate surface area is 303 Å². The first-order chi connectivity index (χ1) is 25.5. The molecule has 4 rings (SSSR count). The lowest BCUT2D eigenvalue weighted by atomic mass is 10.1. The van der Waals surface area contributed by atoms with Crippen LogP contribution in [0.3, 0.4) is 0 Å². The normalized spacial score (nSPS) is 18.1. The van der Waals surface area contributed by atoms with Crippen LogP contribution in [0.4, 0.5) is 52.7 Å². The molecule has 0 saturated carbocycles. The minimum Gasteiger partial charge on any atom is -0.494 e. The van der Waals surface area contributed by atoms with Gasteiger partial charge in [0.1, 0.15) is 17.2 Å². The van der Waals surface area contributed by atoms with Crippen LogP contribution in [0.1, 0.15) is 36.0 Å². The largest absolute Gasteiger partial charge is 0.494 e. The first kappa shape index (κ1) is 42.5. The van der Waals surface area contributed by atoms with Crippen molar-refractivity contribution in [1.29, 1.82) is 0 Å². The van der Waals surface area contributed by atoms with Gasteiger partial charge < -0.3 is 18.9 Å². The van der Waals surface area contributed by atoms with Gasteiger partial charge >= 0.3 is 53.8 Å². The van der Waals surface area contributed by atoms with Crippen molar-refractivity contribution in [3.63, 3.8) is 0 Å². The summed E-state index contributed by atoms with van der Waals surface area (Å²) in [4.78, 5) is 32.3. The third-order valence-corrected chi connectivity index (χ3v) is 7.94. The Hall–Kier alpha value is -5.27. The SMILES string of the molecule is C=CC(=O)OCCCCCCOc1ccc(C(=O)Oc2ccc(-c3ccc(OC(=O)C(F)(N4C(F)(F)C(F)(F)C(F)(F)C4(F)F)C(F)(F)F)cc3)cc2)cc1. The van der Waals surface area contributed by atoms with Crippen molar-refractivity contribution in [2.24, 2.45) is 0 Å². The van der Waals surface area contributed by atoms with Crippen molar-refractivity contribution in [3.05, 3.63) is 91.0 Å². The maximum atomic E-state index is 15.1. The van der Waals surface area contributed by atoms with E-state index in [-0.39, 0.29) is 16.9 Å². The van der Waals surface area contributed by atoms with Crippen molar-refractivity contribution < 1.29 is 86.0 Å². The van der Waals surface area contributed by atoms with Crippen molar-refractivity contribution in [1.82, 2.24) is 4.90 Å². The highest BCUT2D eigenvalue weighted by atomic mass is 19.4. The third kappa shape index (κ3) is 8.23. The van der Waals surface area contributed by atoms with Gasteiger partial charge in [0.15, 0.2) is 0 Å². The molecule has 1 saturated heterocycles. The third-order valence-electron chi connectivity index (χ3n) is 7.94. The van der Waals surface area contributed by atoms with Crippen molar-refractivity contribution in [2.75, 3.05) is 13.2 Å². The van der Waals surface area contributed by atoms with E-state index in [1.807, 2.05) is 0 Å². The predicted octanol–water partition coefficient (Wildman–Crippen LogP) is 9.15. The Morgan fingerprint density at radius 1 is 0.618 bits per heavy atom. The average Bonchev–Trinajstić information content (AvgIpc) is 3.19. The molecule has 1 aliphatic heterocycles. The van der Waals surface area contributed by atoms with E-state index in [0.717, 1.165) is 37.5 Å². The second-order valence-corrected chi connectivity index (χ2v) is 11.7. The highest BCUT2D eigenvalue weighted by molar-refractivity contribution is 5.91. The molecule has 1 heterocycles. The van der Waals surface area contributed by atoms with Crippen LogP contribution >= 0.6 is 0 Å². The maximum absolute atomic E-state index is 15.1. The summed E-state index contributed by atoms with van der Waals surface area (Å²) in [5.41, 5.74) is 0.658. The summed E-state index contributed by atoms with van der Waals surface area (Å²) in [6.45, 7) is 4.01. The second-order valence-electron chi connectivity index (χ2n) is 11.7. The Kier molecular flexibility index (Phi) is 12.2. The number of hydrogen-bond acceptors (Lipinski definition) is 8. The predicted molar refractivity (Wildman–Crippen MR) is 166 cm³/mol. The van der Waals surface area contributed by atoms with Crippen LogP contribution in [-0.2, 0) is 14.3 Å². The van der Waals surface area contributed by atoms with Gasteiger partial charge in [-0.25, -0.2) is 18.8 Å². The number of esters is 3. The Morgan fingerprint density at radius 2 is 1.05 bits per heavy atom. The molecule has 55 heavy (non-hydrogen) atoms. The monoisotopic (exact) mass is 801 g/mol. The quantitative estimate of drug-likeness (QED) is 0.0376. The van der Waals surface area contributed by atoms with Crippen LogP contribution in [0.5, 0.6) is 17.2 Å². The van der Waals surface area contributed by atoms with E-state index < -0.39 is 64.5 Å². The molecule has 1 fully saturated rings. The van der Waals surface area contributed by atoms with Crippen LogP contribution < -0.4 is 14.2 Å². The molecular formula is C35H27F12NO7. The summed E-state index contributed by atoms with van der Waals surface area (Å²) in [5.74, 6) is -26.9. The molecule has 0 aliphatic carbocycles. The molecule has 0 spiro atoms. The van der Waals surface area contributed by atoms with Crippen LogP contribution in [0.15, 0.2) is 85.5 Å². The number of nitrogens with zero attached hydrogens (tertiary/aromatic N) is 1. The highest BCUT2D eigenvalue weighted by Gasteiger charge is 2.98. The fourth-order valence-electron chi connectivity index (χ4n) is 4.99. The Bertz CT molecular complexity index is 1830. The zero-order valence-electron chi connectivity index (χ0n) is 27.8. The molecule has 0 amide bonds. The standard InChI is InChI=1S/C35H27F12NO7/c1-2-27(49)53-20-6-4-3-5-19-52-24-13-11-23(12-14-24)28(50)54-25-15-7-21(8-16-25)22-9-17-26(18-10-22)55-29(51)30(36,33(41,42)43)48-34(44,45)31(37,38)32(39,40)35(48,46)47/h2,7-18H,1,3-6,19-20H2. The lowest BCUT2D eigenvalue weighted by Crippen LogP contribution is -2.70. The average molecular weight is 802 g/mol. The molecule has 1 atom stereocenters. The van der Waals surface area contributed by atoms with Crippen molar-refractivity contribution in [2.45, 2.75) is 61.6 Å². The number of ether oxygens (including phenoxy) is 4. The van der Waals surface area contributed by atoms with Gasteiger partial charge in [0, 0.05) is 6.08 Å². The Balaban J connectivity index is 1.34. The summed E-state index contributed by atoms with van der Waals surface area (Å²) < 4.78 is 186. The van der Waals surface area contributed by atoms with Gasteiger partial charge in [-0.2, -0.15) is 48.3 Å². The number of unbranched alkanes of at least 4 members (excludes halogenated alkanes) is 3. The number of carbonyl (C=O) groups is 3. The number of rotatable bonds is 15. The molecule has 0 bridgehead atoms. The fraction of sp³-hybridized carbons (Fsp3) is 0.343. The van der Waals surface area contributed by atoms with Crippen LogP contribution in [0.2, 0.25) is 0 Å². The number of likely N-dealkylation sites (tertiary alicyclic amines) is 1. The molecule has 1 aliphatic rings. The smallest absolute Gasteiger partial charge is 0.448 e. The van der Waals surface area contributed by atoms with Gasteiger partial charge in [-0.05, 0) is 85.3 Å². The minimum atomic E-state index is -7.27. The first-order valence-corrected chi connectivity index (χ1v) is 15.8. The minimum absolute atomic E-state index is 0.0528. The summed E-state index contributed by atoms with van der Waals surface area (Å²) in [7, 11) is 0. The van der Waals surface area contributed by atoms with Gasteiger partial charge in [-0.15, -0.1) is 4.90 Å². The molecule has 0 aromatic heterocycles. The summed E-state index contributed by atoms with van der Waals surface area (Å²) in [5, 5.41) is 0. The lowest BCUT2D eigenvalue weighted by Gasteiger charge is -2.38. The van der Waals surface area contributed by atoms with E-state index in [9.17, 15) is 62.7 Å². The number of hydrogen-bond donors (Lipinski definition) is 0. The van der Waals surface area contributed by atoms with E-state index in [2.05, 4.69) is 11.3 Å². The number of benzene rings is 3. The summed E-state index contributed by atoms with van der Waals surface area (Å²) in [6.07, 6.45) is -3.06. The van der Waals surface area contributed by atoms with Crippen LogP contribution in [-0.4, -0.2) is 71.9 Å². The molecule has 8 nitrogen and oxygen atoms in total. The molecular weight excluding hydrogens is 774 g/mol. The topological polar surface area (TPSA) is 91.4 Å². The summed E-state index contributed by atoms with van der Waals surface area (Å²) >= 11 is 0.